The second-order valence-corrected chi connectivity index (χ2v) is 8.67. The number of hydrogen-bond acceptors (Lipinski definition) is 5. The molecule has 0 saturated carbocycles. The number of carbonyl (C=O) groups is 1. The summed E-state index contributed by atoms with van der Waals surface area (Å²) >= 11 is 1.41. The summed E-state index contributed by atoms with van der Waals surface area (Å²) in [5, 5.41) is 19.8. The number of anilines is 2. The lowest BCUT2D eigenvalue weighted by Crippen LogP contribution is -2.51. The summed E-state index contributed by atoms with van der Waals surface area (Å²) in [5.74, 6) is 0. The van der Waals surface area contributed by atoms with Crippen LogP contribution >= 0.6 is 11.8 Å². The van der Waals surface area contributed by atoms with Crippen molar-refractivity contribution in [2.45, 2.75) is 22.1 Å². The minimum Gasteiger partial charge on any atom is -0.465 e. The lowest BCUT2D eigenvalue weighted by Gasteiger charge is -2.37. The van der Waals surface area contributed by atoms with Crippen molar-refractivity contribution in [1.29, 1.82) is 0 Å². The Kier molecular flexibility index (Phi) is 6.05. The van der Waals surface area contributed by atoms with Crippen molar-refractivity contribution in [1.82, 2.24) is 9.80 Å². The molecule has 10 heteroatoms. The first-order chi connectivity index (χ1) is 14.7. The number of nitrogens with zero attached hydrogens (tertiary/aromatic N) is 3. The van der Waals surface area contributed by atoms with Crippen LogP contribution in [0.15, 0.2) is 52.3 Å². The van der Waals surface area contributed by atoms with Gasteiger partial charge in [-0.3, -0.25) is 4.90 Å². The molecule has 2 aliphatic rings. The van der Waals surface area contributed by atoms with E-state index in [0.29, 0.717) is 43.3 Å². The number of benzene rings is 2. The van der Waals surface area contributed by atoms with Gasteiger partial charge in [-0.25, -0.2) is 4.79 Å². The third-order valence-electron chi connectivity index (χ3n) is 5.46. The zero-order valence-corrected chi connectivity index (χ0v) is 17.4. The number of piperazine rings is 1. The van der Waals surface area contributed by atoms with E-state index >= 15 is 0 Å². The molecule has 0 bridgehead atoms. The number of aliphatic hydroxyl groups excluding tert-OH is 1. The van der Waals surface area contributed by atoms with Gasteiger partial charge in [0.1, 0.15) is 0 Å². The van der Waals surface area contributed by atoms with Gasteiger partial charge in [-0.05, 0) is 30.3 Å². The molecule has 2 aliphatic heterocycles. The normalized spacial score (nSPS) is 17.8. The Hall–Kier alpha value is -2.43. The van der Waals surface area contributed by atoms with Gasteiger partial charge in [0.15, 0.2) is 0 Å². The van der Waals surface area contributed by atoms with Crippen molar-refractivity contribution in [2.24, 2.45) is 0 Å². The van der Waals surface area contributed by atoms with Crippen LogP contribution in [0.3, 0.4) is 0 Å². The molecule has 0 spiro atoms. The lowest BCUT2D eigenvalue weighted by molar-refractivity contribution is -0.137. The van der Waals surface area contributed by atoms with Crippen molar-refractivity contribution in [3.8, 4) is 0 Å². The first kappa shape index (κ1) is 21.8. The van der Waals surface area contributed by atoms with Crippen LogP contribution in [0.25, 0.3) is 0 Å². The number of β-amino-alcohol motifs (C(OH)–C–C–N with tert-alkyl or cyclic N) is 1. The molecule has 0 aromatic heterocycles. The van der Waals surface area contributed by atoms with Crippen LogP contribution < -0.4 is 4.90 Å². The second kappa shape index (κ2) is 8.60. The molecule has 6 nitrogen and oxygen atoms in total. The first-order valence-electron chi connectivity index (χ1n) is 9.86. The predicted octanol–water partition coefficient (Wildman–Crippen LogP) is 3.96. The Labute approximate surface area is 181 Å². The third kappa shape index (κ3) is 4.76. The quantitative estimate of drug-likeness (QED) is 0.731. The Balaban J connectivity index is 1.54. The number of amides is 1. The highest BCUT2D eigenvalue weighted by molar-refractivity contribution is 7.99. The molecule has 31 heavy (non-hydrogen) atoms. The minimum absolute atomic E-state index is 0.130. The van der Waals surface area contributed by atoms with Gasteiger partial charge >= 0.3 is 12.3 Å². The number of rotatable bonds is 4. The molecule has 0 aliphatic carbocycles. The van der Waals surface area contributed by atoms with Gasteiger partial charge in [-0.2, -0.15) is 13.2 Å². The largest absolute Gasteiger partial charge is 0.465 e. The number of halogens is 3. The molecule has 1 atom stereocenters. The molecule has 1 amide bonds. The number of para-hydroxylation sites is 1. The standard InChI is InChI=1S/C21H22F3N3O3S/c22-21(23,24)14-5-6-19-17(11-14)27(16-3-1-2-4-18(16)31-19)13-15(28)12-25-7-9-26(10-8-25)20(29)30/h1-6,11,15,28H,7-10,12-13H2,(H,29,30). The summed E-state index contributed by atoms with van der Waals surface area (Å²) in [6.07, 6.45) is -6.24. The highest BCUT2D eigenvalue weighted by Gasteiger charge is 2.34. The highest BCUT2D eigenvalue weighted by Crippen LogP contribution is 2.49. The maximum Gasteiger partial charge on any atom is 0.416 e. The van der Waals surface area contributed by atoms with E-state index in [1.807, 2.05) is 29.2 Å². The van der Waals surface area contributed by atoms with Crippen LogP contribution in [0.5, 0.6) is 0 Å². The average Bonchev–Trinajstić information content (AvgIpc) is 2.73. The Morgan fingerprint density at radius 1 is 1.00 bits per heavy atom. The summed E-state index contributed by atoms with van der Waals surface area (Å²) in [4.78, 5) is 17.7. The number of alkyl halides is 3. The van der Waals surface area contributed by atoms with Gasteiger partial charge in [0.05, 0.1) is 29.6 Å². The van der Waals surface area contributed by atoms with Crippen molar-refractivity contribution >= 4 is 29.2 Å². The van der Waals surface area contributed by atoms with Gasteiger partial charge in [0.25, 0.3) is 0 Å². The van der Waals surface area contributed by atoms with Crippen molar-refractivity contribution in [3.05, 3.63) is 48.0 Å². The first-order valence-corrected chi connectivity index (χ1v) is 10.7. The zero-order valence-electron chi connectivity index (χ0n) is 16.5. The zero-order chi connectivity index (χ0) is 22.2. The maximum absolute atomic E-state index is 13.3. The Bertz CT molecular complexity index is 964. The molecule has 2 heterocycles. The monoisotopic (exact) mass is 453 g/mol. The number of hydrogen-bond donors (Lipinski definition) is 2. The van der Waals surface area contributed by atoms with Gasteiger partial charge in [0, 0.05) is 42.5 Å². The Morgan fingerprint density at radius 3 is 2.35 bits per heavy atom. The Morgan fingerprint density at radius 2 is 1.68 bits per heavy atom. The van der Waals surface area contributed by atoms with Crippen LogP contribution in [0, 0.1) is 0 Å². The van der Waals surface area contributed by atoms with Gasteiger partial charge in [-0.1, -0.05) is 23.9 Å². The van der Waals surface area contributed by atoms with Crippen molar-refractivity contribution in [3.63, 3.8) is 0 Å². The van der Waals surface area contributed by atoms with Gasteiger partial charge in [0.2, 0.25) is 0 Å². The fourth-order valence-electron chi connectivity index (χ4n) is 3.89. The molecule has 166 valence electrons. The van der Waals surface area contributed by atoms with Gasteiger partial charge in [-0.15, -0.1) is 0 Å². The molecule has 2 aromatic rings. The van der Waals surface area contributed by atoms with Crippen molar-refractivity contribution < 1.29 is 28.2 Å². The molecule has 2 aromatic carbocycles. The summed E-state index contributed by atoms with van der Waals surface area (Å²) in [6, 6.07) is 11.1. The van der Waals surface area contributed by atoms with E-state index < -0.39 is 23.9 Å². The van der Waals surface area contributed by atoms with E-state index in [1.165, 1.54) is 22.7 Å². The minimum atomic E-state index is -4.45. The topological polar surface area (TPSA) is 67.2 Å². The highest BCUT2D eigenvalue weighted by atomic mass is 32.2. The SMILES string of the molecule is O=C(O)N1CCN(CC(O)CN2c3ccccc3Sc3ccc(C(F)(F)F)cc32)CC1. The number of fused-ring (bicyclic) bond motifs is 2. The lowest BCUT2D eigenvalue weighted by atomic mass is 10.1. The van der Waals surface area contributed by atoms with E-state index in [0.717, 1.165) is 22.7 Å². The molecule has 1 saturated heterocycles. The van der Waals surface area contributed by atoms with Crippen LogP contribution in [-0.4, -0.2) is 71.5 Å². The average molecular weight is 453 g/mol. The molecule has 1 unspecified atom stereocenters. The van der Waals surface area contributed by atoms with Crippen molar-refractivity contribution in [2.75, 3.05) is 44.2 Å². The molecule has 2 N–H and O–H groups in total. The number of aliphatic hydroxyl groups is 1. The van der Waals surface area contributed by atoms with Crippen LogP contribution in [-0.2, 0) is 6.18 Å². The second-order valence-electron chi connectivity index (χ2n) is 7.58. The summed E-state index contributed by atoms with van der Waals surface area (Å²) in [6.45, 7) is 2.18. The van der Waals surface area contributed by atoms with E-state index in [1.54, 1.807) is 4.90 Å². The number of carboxylic acid groups (broad SMARTS) is 1. The predicted molar refractivity (Wildman–Crippen MR) is 111 cm³/mol. The summed E-state index contributed by atoms with van der Waals surface area (Å²) in [5.41, 5.74) is 0.456. The fraction of sp³-hybridized carbons (Fsp3) is 0.381. The van der Waals surface area contributed by atoms with E-state index in [2.05, 4.69) is 0 Å². The van der Waals surface area contributed by atoms with Crippen LogP contribution in [0.4, 0.5) is 29.3 Å². The maximum atomic E-state index is 13.3. The van der Waals surface area contributed by atoms with Crippen LogP contribution in [0.2, 0.25) is 0 Å². The molecule has 4 rings (SSSR count). The third-order valence-corrected chi connectivity index (χ3v) is 6.59. The van der Waals surface area contributed by atoms with Gasteiger partial charge < -0.3 is 20.0 Å². The fourth-order valence-corrected chi connectivity index (χ4v) is 4.97. The van der Waals surface area contributed by atoms with E-state index in [9.17, 15) is 23.1 Å². The summed E-state index contributed by atoms with van der Waals surface area (Å²) < 4.78 is 39.9. The molecular weight excluding hydrogens is 431 g/mol. The smallest absolute Gasteiger partial charge is 0.416 e. The summed E-state index contributed by atoms with van der Waals surface area (Å²) in [7, 11) is 0. The van der Waals surface area contributed by atoms with E-state index in [-0.39, 0.29) is 6.54 Å². The molecule has 1 fully saturated rings. The molecular formula is C21H22F3N3O3S. The van der Waals surface area contributed by atoms with E-state index in [4.69, 9.17) is 5.11 Å². The van der Waals surface area contributed by atoms with Crippen LogP contribution in [0.1, 0.15) is 5.56 Å². The molecule has 0 radical (unpaired) electrons.